The van der Waals surface area contributed by atoms with Crippen molar-refractivity contribution < 1.29 is 18.9 Å². The van der Waals surface area contributed by atoms with Gasteiger partial charge in [-0.15, -0.1) is 0 Å². The lowest BCUT2D eigenvalue weighted by atomic mass is 10.3. The summed E-state index contributed by atoms with van der Waals surface area (Å²) >= 11 is 12.3. The minimum Gasteiger partial charge on any atom is -0.479 e. The van der Waals surface area contributed by atoms with E-state index in [1.807, 2.05) is 13.8 Å². The number of benzene rings is 1. The largest absolute Gasteiger partial charge is 0.479 e. The SMILES string of the molecule is CC(C)N1C(=O)/C(=C\c2ccc(COc3ccc(Cl)cc3[N+](=O)[O-])o2)SC1=S. The molecule has 0 radical (unpaired) electrons. The molecule has 28 heavy (non-hydrogen) atoms. The molecule has 1 fully saturated rings. The molecular formula is C18H15ClN2O5S2. The van der Waals surface area contributed by atoms with Crippen molar-refractivity contribution in [2.24, 2.45) is 0 Å². The molecule has 7 nitrogen and oxygen atoms in total. The third-order valence-electron chi connectivity index (χ3n) is 3.78. The van der Waals surface area contributed by atoms with Crippen LogP contribution in [0, 0.1) is 10.1 Å². The predicted molar refractivity (Wildman–Crippen MR) is 111 cm³/mol. The average Bonchev–Trinajstić information content (AvgIpc) is 3.18. The van der Waals surface area contributed by atoms with Crippen molar-refractivity contribution in [2.45, 2.75) is 26.5 Å². The molecule has 2 heterocycles. The fraction of sp³-hybridized carbons (Fsp3) is 0.222. The number of rotatable bonds is 6. The quantitative estimate of drug-likeness (QED) is 0.270. The van der Waals surface area contributed by atoms with Crippen LogP contribution in [-0.4, -0.2) is 26.1 Å². The topological polar surface area (TPSA) is 85.8 Å². The smallest absolute Gasteiger partial charge is 0.312 e. The molecule has 0 unspecified atom stereocenters. The molecule has 0 atom stereocenters. The van der Waals surface area contributed by atoms with Gasteiger partial charge in [-0.05, 0) is 38.1 Å². The number of ether oxygens (including phenoxy) is 1. The molecule has 0 spiro atoms. The van der Waals surface area contributed by atoms with Crippen LogP contribution in [-0.2, 0) is 11.4 Å². The van der Waals surface area contributed by atoms with Crippen LogP contribution in [0.15, 0.2) is 39.7 Å². The van der Waals surface area contributed by atoms with Crippen LogP contribution in [0.3, 0.4) is 0 Å². The Hall–Kier alpha value is -2.36. The average molecular weight is 439 g/mol. The summed E-state index contributed by atoms with van der Waals surface area (Å²) in [5, 5.41) is 11.3. The van der Waals surface area contributed by atoms with Crippen molar-refractivity contribution in [3.05, 3.63) is 61.9 Å². The number of hydrogen-bond acceptors (Lipinski definition) is 7. The molecule has 10 heteroatoms. The molecule has 0 N–H and O–H groups in total. The second-order valence-electron chi connectivity index (χ2n) is 6.11. The third kappa shape index (κ3) is 4.37. The van der Waals surface area contributed by atoms with Crippen LogP contribution in [0.25, 0.3) is 6.08 Å². The fourth-order valence-electron chi connectivity index (χ4n) is 2.51. The van der Waals surface area contributed by atoms with E-state index in [-0.39, 0.29) is 35.0 Å². The Morgan fingerprint density at radius 2 is 2.14 bits per heavy atom. The van der Waals surface area contributed by atoms with Gasteiger partial charge >= 0.3 is 5.69 Å². The zero-order valence-corrected chi connectivity index (χ0v) is 17.3. The molecule has 2 aromatic rings. The summed E-state index contributed by atoms with van der Waals surface area (Å²) in [6.45, 7) is 3.78. The summed E-state index contributed by atoms with van der Waals surface area (Å²) in [5.74, 6) is 0.851. The summed E-state index contributed by atoms with van der Waals surface area (Å²) in [5.41, 5.74) is -0.225. The number of nitro benzene ring substituents is 1. The molecule has 1 aromatic carbocycles. The lowest BCUT2D eigenvalue weighted by Crippen LogP contribution is -2.34. The fourth-order valence-corrected chi connectivity index (χ4v) is 4.18. The number of thioether (sulfide) groups is 1. The third-order valence-corrected chi connectivity index (χ3v) is 5.35. The van der Waals surface area contributed by atoms with Crippen molar-refractivity contribution in [1.29, 1.82) is 0 Å². The summed E-state index contributed by atoms with van der Waals surface area (Å²) < 4.78 is 11.7. The standard InChI is InChI=1S/C18H15ClN2O5S2/c1-10(2)20-17(22)16(28-18(20)27)8-12-4-5-13(26-12)9-25-15-6-3-11(19)7-14(15)21(23)24/h3-8,10H,9H2,1-2H3/b16-8+. The molecule has 146 valence electrons. The monoisotopic (exact) mass is 438 g/mol. The molecule has 1 amide bonds. The lowest BCUT2D eigenvalue weighted by molar-refractivity contribution is -0.385. The summed E-state index contributed by atoms with van der Waals surface area (Å²) in [7, 11) is 0. The van der Waals surface area contributed by atoms with Gasteiger partial charge in [-0.3, -0.25) is 19.8 Å². The number of nitro groups is 1. The summed E-state index contributed by atoms with van der Waals surface area (Å²) in [4.78, 5) is 25.0. The first kappa shape index (κ1) is 20.4. The highest BCUT2D eigenvalue weighted by Crippen LogP contribution is 2.34. The first-order chi connectivity index (χ1) is 13.3. The van der Waals surface area contributed by atoms with Crippen molar-refractivity contribution in [3.8, 4) is 5.75 Å². The first-order valence-corrected chi connectivity index (χ1v) is 9.79. The van der Waals surface area contributed by atoms with E-state index >= 15 is 0 Å². The highest BCUT2D eigenvalue weighted by molar-refractivity contribution is 8.26. The van der Waals surface area contributed by atoms with Crippen LogP contribution in [0.2, 0.25) is 5.02 Å². The minimum atomic E-state index is -0.564. The number of carbonyl (C=O) groups excluding carboxylic acids is 1. The Bertz CT molecular complexity index is 986. The second kappa shape index (κ2) is 8.34. The van der Waals surface area contributed by atoms with Gasteiger partial charge in [0.15, 0.2) is 5.75 Å². The Morgan fingerprint density at radius 1 is 1.39 bits per heavy atom. The van der Waals surface area contributed by atoms with E-state index in [2.05, 4.69) is 0 Å². The van der Waals surface area contributed by atoms with Gasteiger partial charge in [-0.25, -0.2) is 0 Å². The van der Waals surface area contributed by atoms with Crippen LogP contribution in [0.5, 0.6) is 5.75 Å². The van der Waals surface area contributed by atoms with E-state index in [0.29, 0.717) is 20.7 Å². The van der Waals surface area contributed by atoms with E-state index in [4.69, 9.17) is 33.0 Å². The molecule has 1 aliphatic rings. The zero-order valence-electron chi connectivity index (χ0n) is 14.9. The number of nitrogens with zero attached hydrogens (tertiary/aromatic N) is 2. The maximum Gasteiger partial charge on any atom is 0.312 e. The van der Waals surface area contributed by atoms with Crippen molar-refractivity contribution in [2.75, 3.05) is 0 Å². The number of amides is 1. The highest BCUT2D eigenvalue weighted by Gasteiger charge is 2.33. The van der Waals surface area contributed by atoms with E-state index in [0.717, 1.165) is 0 Å². The maximum absolute atomic E-state index is 12.4. The van der Waals surface area contributed by atoms with Gasteiger partial charge in [0.1, 0.15) is 22.4 Å². The summed E-state index contributed by atoms with van der Waals surface area (Å²) in [6.07, 6.45) is 1.62. The van der Waals surface area contributed by atoms with Gasteiger partial charge in [0.2, 0.25) is 0 Å². The number of hydrogen-bond donors (Lipinski definition) is 0. The Labute approximate surface area is 175 Å². The Balaban J connectivity index is 1.71. The van der Waals surface area contributed by atoms with Crippen LogP contribution in [0.4, 0.5) is 5.69 Å². The van der Waals surface area contributed by atoms with E-state index in [1.165, 1.54) is 30.0 Å². The molecule has 0 aliphatic carbocycles. The molecule has 3 rings (SSSR count). The number of furan rings is 1. The van der Waals surface area contributed by atoms with E-state index in [9.17, 15) is 14.9 Å². The molecule has 1 aromatic heterocycles. The van der Waals surface area contributed by atoms with Gasteiger partial charge in [0.05, 0.1) is 9.83 Å². The van der Waals surface area contributed by atoms with Gasteiger partial charge in [-0.2, -0.15) is 0 Å². The summed E-state index contributed by atoms with van der Waals surface area (Å²) in [6, 6.07) is 7.51. The molecule has 1 aliphatic heterocycles. The van der Waals surface area contributed by atoms with E-state index in [1.54, 1.807) is 23.1 Å². The molecular weight excluding hydrogens is 424 g/mol. The Kier molecular flexibility index (Phi) is 6.07. The van der Waals surface area contributed by atoms with Gasteiger partial charge in [-0.1, -0.05) is 35.6 Å². The lowest BCUT2D eigenvalue weighted by Gasteiger charge is -2.18. The van der Waals surface area contributed by atoms with Crippen LogP contribution >= 0.6 is 35.6 Å². The van der Waals surface area contributed by atoms with Crippen LogP contribution < -0.4 is 4.74 Å². The van der Waals surface area contributed by atoms with Crippen molar-refractivity contribution in [1.82, 2.24) is 4.90 Å². The first-order valence-electron chi connectivity index (χ1n) is 8.19. The number of thiocarbonyl (C=S) groups is 1. The van der Waals surface area contributed by atoms with Gasteiger partial charge in [0, 0.05) is 23.2 Å². The highest BCUT2D eigenvalue weighted by atomic mass is 35.5. The van der Waals surface area contributed by atoms with Gasteiger partial charge in [0.25, 0.3) is 5.91 Å². The van der Waals surface area contributed by atoms with Crippen LogP contribution in [0.1, 0.15) is 25.4 Å². The molecule has 0 saturated carbocycles. The number of halogens is 1. The van der Waals surface area contributed by atoms with E-state index < -0.39 is 4.92 Å². The minimum absolute atomic E-state index is 0.0106. The molecule has 0 bridgehead atoms. The zero-order chi connectivity index (χ0) is 20.4. The molecule has 1 saturated heterocycles. The van der Waals surface area contributed by atoms with Crippen molar-refractivity contribution in [3.63, 3.8) is 0 Å². The maximum atomic E-state index is 12.4. The predicted octanol–water partition coefficient (Wildman–Crippen LogP) is 5.03. The number of carbonyl (C=O) groups is 1. The van der Waals surface area contributed by atoms with Gasteiger partial charge < -0.3 is 9.15 Å². The Morgan fingerprint density at radius 3 is 2.79 bits per heavy atom. The van der Waals surface area contributed by atoms with Crippen molar-refractivity contribution >= 4 is 57.6 Å². The normalized spacial score (nSPS) is 15.7. The second-order valence-corrected chi connectivity index (χ2v) is 8.22.